The molecule has 2 amide bonds. The number of hydrogen-bond acceptors (Lipinski definition) is 10. The van der Waals surface area contributed by atoms with Gasteiger partial charge in [0.15, 0.2) is 0 Å². The van der Waals surface area contributed by atoms with Gasteiger partial charge in [0.1, 0.15) is 30.2 Å². The molecule has 5 unspecified atom stereocenters. The highest BCUT2D eigenvalue weighted by atomic mass is 16.5. The molecule has 0 radical (unpaired) electrons. The first-order valence-corrected chi connectivity index (χ1v) is 19.4. The fraction of sp³-hybridized carbons (Fsp3) is 0.548. The van der Waals surface area contributed by atoms with Crippen LogP contribution in [0.5, 0.6) is 5.75 Å². The van der Waals surface area contributed by atoms with Gasteiger partial charge in [0, 0.05) is 62.5 Å². The smallest absolute Gasteiger partial charge is 0.222 e. The van der Waals surface area contributed by atoms with Crippen molar-refractivity contribution in [2.24, 2.45) is 0 Å². The second-order valence-corrected chi connectivity index (χ2v) is 15.0. The zero-order valence-corrected chi connectivity index (χ0v) is 31.8. The molecule has 2 fully saturated rings. The van der Waals surface area contributed by atoms with Crippen LogP contribution in [0, 0.1) is 6.92 Å². The summed E-state index contributed by atoms with van der Waals surface area (Å²) in [7, 11) is 0. The maximum atomic E-state index is 13.4. The number of carbonyl (C=O) groups is 2. The number of rotatable bonds is 22. The van der Waals surface area contributed by atoms with Crippen molar-refractivity contribution in [1.82, 2.24) is 20.5 Å². The van der Waals surface area contributed by atoms with E-state index in [9.17, 15) is 30.0 Å². The summed E-state index contributed by atoms with van der Waals surface area (Å²) in [6, 6.07) is 16.9. The van der Waals surface area contributed by atoms with Gasteiger partial charge >= 0.3 is 0 Å². The monoisotopic (exact) mass is 746 g/mol. The zero-order valence-electron chi connectivity index (χ0n) is 31.8. The molecule has 2 saturated carbocycles. The van der Waals surface area contributed by atoms with Gasteiger partial charge in [-0.25, -0.2) is 0 Å². The van der Waals surface area contributed by atoms with E-state index in [1.54, 1.807) is 6.92 Å². The van der Waals surface area contributed by atoms with E-state index in [2.05, 4.69) is 71.9 Å². The lowest BCUT2D eigenvalue weighted by Crippen LogP contribution is -2.51. The lowest BCUT2D eigenvalue weighted by molar-refractivity contribution is -0.140. The molecule has 12 nitrogen and oxygen atoms in total. The molecule has 12 heteroatoms. The van der Waals surface area contributed by atoms with Crippen LogP contribution < -0.4 is 15.4 Å². The number of nitrogens with one attached hydrogen (secondary N) is 2. The number of aryl methyl sites for hydroxylation is 1. The molecule has 5 atom stereocenters. The third-order valence-corrected chi connectivity index (χ3v) is 10.7. The highest BCUT2D eigenvalue weighted by molar-refractivity contribution is 5.79. The number of carbonyl (C=O) groups excluding carboxylic acids is 2. The molecule has 0 saturated heterocycles. The molecule has 0 aliphatic heterocycles. The quantitative estimate of drug-likeness (QED) is 0.0804. The van der Waals surface area contributed by atoms with Gasteiger partial charge in [-0.3, -0.25) is 14.6 Å². The zero-order chi connectivity index (χ0) is 38.8. The Labute approximate surface area is 318 Å². The van der Waals surface area contributed by atoms with Gasteiger partial charge in [0.2, 0.25) is 11.8 Å². The van der Waals surface area contributed by atoms with E-state index in [-0.39, 0.29) is 49.2 Å². The fourth-order valence-corrected chi connectivity index (χ4v) is 6.91. The number of ether oxygens (including phenoxy) is 1. The highest BCUT2D eigenvalue weighted by Crippen LogP contribution is 2.50. The lowest BCUT2D eigenvalue weighted by atomic mass is 9.91. The van der Waals surface area contributed by atoms with Crippen molar-refractivity contribution in [1.29, 1.82) is 0 Å². The van der Waals surface area contributed by atoms with Gasteiger partial charge in [0.05, 0.1) is 12.7 Å². The molecular formula is C42H58N4O8. The molecule has 3 aromatic rings. The topological polar surface area (TPSA) is 185 Å². The van der Waals surface area contributed by atoms with Crippen LogP contribution in [0.1, 0.15) is 93.4 Å². The van der Waals surface area contributed by atoms with E-state index in [0.717, 1.165) is 49.0 Å². The number of para-hydroxylation sites is 1. The van der Waals surface area contributed by atoms with E-state index < -0.39 is 31.0 Å². The normalized spacial score (nSPS) is 17.6. The summed E-state index contributed by atoms with van der Waals surface area (Å²) in [6.45, 7) is 6.04. The summed E-state index contributed by atoms with van der Waals surface area (Å²) in [5, 5.41) is 56.4. The van der Waals surface area contributed by atoms with E-state index in [1.807, 2.05) is 18.5 Å². The third-order valence-electron chi connectivity index (χ3n) is 10.7. The van der Waals surface area contributed by atoms with Gasteiger partial charge in [-0.15, -0.1) is 0 Å². The van der Waals surface area contributed by atoms with Crippen LogP contribution in [-0.4, -0.2) is 104 Å². The Balaban J connectivity index is 1.19. The summed E-state index contributed by atoms with van der Waals surface area (Å²) >= 11 is 0. The number of pyridine rings is 1. The third kappa shape index (κ3) is 10.9. The minimum Gasteiger partial charge on any atom is -0.490 e. The minimum atomic E-state index is -1.81. The Morgan fingerprint density at radius 3 is 2.44 bits per heavy atom. The summed E-state index contributed by atoms with van der Waals surface area (Å²) in [5.41, 5.74) is 6.83. The number of amides is 2. The summed E-state index contributed by atoms with van der Waals surface area (Å²) in [5.74, 6) is 0.527. The van der Waals surface area contributed by atoms with Crippen molar-refractivity contribution in [2.45, 2.75) is 121 Å². The van der Waals surface area contributed by atoms with Crippen molar-refractivity contribution in [3.05, 3.63) is 83.2 Å². The number of hydrogen-bond donors (Lipinski definition) is 7. The van der Waals surface area contributed by atoms with E-state index in [0.29, 0.717) is 25.6 Å². The Hall–Kier alpha value is -3.91. The van der Waals surface area contributed by atoms with Crippen LogP contribution in [0.2, 0.25) is 0 Å². The first-order valence-electron chi connectivity index (χ1n) is 19.4. The van der Waals surface area contributed by atoms with E-state index >= 15 is 0 Å². The van der Waals surface area contributed by atoms with Gasteiger partial charge in [0.25, 0.3) is 0 Å². The standard InChI is InChI=1S/C42H58N4O8/c1-4-44-38(50)17-21-46(25-35(48)40(52)41(53)36(49)26-47)39(51)11-7-8-27(2)29-13-12-28(3)30(22-29)23-45-42(18-19-42)34-24-43-20-16-32(34)33-9-5-6-10-37(33)54-31-14-15-31/h5-6,9-10,12-13,16,20,22,24,27,31,35-36,40-41,45,47-49,52-53H,4,7-8,11,14-15,17-19,21,23,25-26H2,1-3H3,(H,44,50). The number of aliphatic hydroxyl groups excluding tert-OH is 5. The SMILES string of the molecule is CCNC(=O)CCN(CC(O)C(O)C(O)C(O)CO)C(=O)CCCC(C)c1ccc(C)c(CNC2(c3cnccc3-c3ccccc3OC3CC3)CC2)c1. The molecule has 2 aliphatic carbocycles. The first kappa shape index (κ1) is 41.3. The van der Waals surface area contributed by atoms with E-state index in [1.165, 1.54) is 27.2 Å². The predicted octanol–water partition coefficient (Wildman–Crippen LogP) is 3.44. The average Bonchev–Trinajstić information content (AvgIpc) is 4.13. The lowest BCUT2D eigenvalue weighted by Gasteiger charge is -2.30. The summed E-state index contributed by atoms with van der Waals surface area (Å²) in [4.78, 5) is 31.4. The first-order chi connectivity index (χ1) is 26.0. The number of aliphatic hydroxyl groups is 5. The second-order valence-electron chi connectivity index (χ2n) is 15.0. The van der Waals surface area contributed by atoms with Crippen molar-refractivity contribution < 1.29 is 39.9 Å². The van der Waals surface area contributed by atoms with Crippen molar-refractivity contribution in [3.8, 4) is 16.9 Å². The molecule has 54 heavy (non-hydrogen) atoms. The Morgan fingerprint density at radius 2 is 1.74 bits per heavy atom. The molecule has 1 heterocycles. The van der Waals surface area contributed by atoms with Crippen LogP contribution in [0.4, 0.5) is 0 Å². The molecular weight excluding hydrogens is 688 g/mol. The number of nitrogens with zero attached hydrogens (tertiary/aromatic N) is 2. The maximum Gasteiger partial charge on any atom is 0.222 e. The van der Waals surface area contributed by atoms with E-state index in [4.69, 9.17) is 9.84 Å². The van der Waals surface area contributed by atoms with Gasteiger partial charge < -0.3 is 45.8 Å². The summed E-state index contributed by atoms with van der Waals surface area (Å²) < 4.78 is 6.28. The largest absolute Gasteiger partial charge is 0.490 e. The van der Waals surface area contributed by atoms with Crippen LogP contribution in [0.15, 0.2) is 60.9 Å². The minimum absolute atomic E-state index is 0.00626. The van der Waals surface area contributed by atoms with Crippen molar-refractivity contribution in [2.75, 3.05) is 26.2 Å². The van der Waals surface area contributed by atoms with Crippen LogP contribution in [0.25, 0.3) is 11.1 Å². The second kappa shape index (κ2) is 19.1. The fourth-order valence-electron chi connectivity index (χ4n) is 6.91. The molecule has 0 spiro atoms. The molecule has 0 bridgehead atoms. The Morgan fingerprint density at radius 1 is 1.00 bits per heavy atom. The maximum absolute atomic E-state index is 13.4. The van der Waals surface area contributed by atoms with Gasteiger partial charge in [-0.2, -0.15) is 0 Å². The number of aromatic nitrogens is 1. The molecule has 1 aromatic heterocycles. The molecule has 7 N–H and O–H groups in total. The predicted molar refractivity (Wildman–Crippen MR) is 206 cm³/mol. The molecule has 2 aromatic carbocycles. The molecule has 294 valence electrons. The molecule has 5 rings (SSSR count). The summed E-state index contributed by atoms with van der Waals surface area (Å²) in [6.07, 6.45) is 2.95. The Bertz CT molecular complexity index is 1700. The number of benzene rings is 2. The molecule has 2 aliphatic rings. The van der Waals surface area contributed by atoms with Crippen LogP contribution >= 0.6 is 0 Å². The highest BCUT2D eigenvalue weighted by Gasteiger charge is 2.46. The Kier molecular flexibility index (Phi) is 14.6. The van der Waals surface area contributed by atoms with Crippen molar-refractivity contribution in [3.63, 3.8) is 0 Å². The van der Waals surface area contributed by atoms with Gasteiger partial charge in [-0.1, -0.05) is 43.3 Å². The van der Waals surface area contributed by atoms with Gasteiger partial charge in [-0.05, 0) is 98.2 Å². The van der Waals surface area contributed by atoms with Crippen LogP contribution in [-0.2, 0) is 21.7 Å². The van der Waals surface area contributed by atoms with Crippen molar-refractivity contribution >= 4 is 11.8 Å². The average molecular weight is 747 g/mol. The van der Waals surface area contributed by atoms with Crippen LogP contribution in [0.3, 0.4) is 0 Å².